The topological polar surface area (TPSA) is 88.4 Å². The molecule has 1 rings (SSSR count). The molecular weight excluding hydrogens is 288 g/mol. The van der Waals surface area contributed by atoms with Crippen LogP contribution in [0.25, 0.3) is 0 Å². The van der Waals surface area contributed by atoms with E-state index in [0.717, 1.165) is 17.5 Å². The Labute approximate surface area is 131 Å². The van der Waals surface area contributed by atoms with Gasteiger partial charge in [-0.15, -0.1) is 0 Å². The van der Waals surface area contributed by atoms with Gasteiger partial charge in [-0.05, 0) is 36.1 Å². The minimum Gasteiger partial charge on any atom is -0.491 e. The second kappa shape index (κ2) is 12.4. The largest absolute Gasteiger partial charge is 0.491 e. The number of aliphatic hydroxyl groups is 3. The normalized spacial score (nSPS) is 10.9. The highest BCUT2D eigenvalue weighted by atomic mass is 16.5. The van der Waals surface area contributed by atoms with Crippen molar-refractivity contribution >= 4 is 0 Å². The second-order valence-corrected chi connectivity index (χ2v) is 4.67. The molecule has 0 aliphatic carbocycles. The molecule has 3 N–H and O–H groups in total. The predicted molar refractivity (Wildman–Crippen MR) is 82.2 cm³/mol. The first-order valence-electron chi connectivity index (χ1n) is 7.54. The zero-order chi connectivity index (χ0) is 16.0. The van der Waals surface area contributed by atoms with Gasteiger partial charge < -0.3 is 29.5 Å². The van der Waals surface area contributed by atoms with Crippen LogP contribution in [0.4, 0.5) is 0 Å². The molecule has 6 heteroatoms. The monoisotopic (exact) mass is 314 g/mol. The summed E-state index contributed by atoms with van der Waals surface area (Å²) in [6, 6.07) is 5.80. The fourth-order valence-electron chi connectivity index (χ4n) is 2.03. The molecule has 6 nitrogen and oxygen atoms in total. The van der Waals surface area contributed by atoms with Crippen molar-refractivity contribution in [3.05, 3.63) is 29.3 Å². The van der Waals surface area contributed by atoms with Crippen LogP contribution in [0.15, 0.2) is 18.2 Å². The Hall–Kier alpha value is -1.18. The van der Waals surface area contributed by atoms with E-state index in [2.05, 4.69) is 0 Å². The average Bonchev–Trinajstić information content (AvgIpc) is 2.55. The third-order valence-corrected chi connectivity index (χ3v) is 3.04. The van der Waals surface area contributed by atoms with Gasteiger partial charge in [-0.3, -0.25) is 0 Å². The minimum atomic E-state index is -0.0221. The highest BCUT2D eigenvalue weighted by molar-refractivity contribution is 5.36. The molecule has 0 fully saturated rings. The van der Waals surface area contributed by atoms with Crippen molar-refractivity contribution in [3.63, 3.8) is 0 Å². The maximum absolute atomic E-state index is 8.81. The van der Waals surface area contributed by atoms with Gasteiger partial charge in [-0.25, -0.2) is 0 Å². The van der Waals surface area contributed by atoms with Gasteiger partial charge in [0.25, 0.3) is 0 Å². The van der Waals surface area contributed by atoms with Gasteiger partial charge >= 0.3 is 0 Å². The molecular formula is C16H26O6. The fraction of sp³-hybridized carbons (Fsp3) is 0.625. The zero-order valence-electron chi connectivity index (χ0n) is 12.9. The van der Waals surface area contributed by atoms with E-state index in [-0.39, 0.29) is 26.4 Å². The Morgan fingerprint density at radius 1 is 0.682 bits per heavy atom. The van der Waals surface area contributed by atoms with Gasteiger partial charge in [-0.1, -0.05) is 6.07 Å². The van der Waals surface area contributed by atoms with E-state index in [1.54, 1.807) is 0 Å². The van der Waals surface area contributed by atoms with Crippen LogP contribution < -0.4 is 4.74 Å². The lowest BCUT2D eigenvalue weighted by Crippen LogP contribution is -2.09. The molecule has 1 aromatic rings. The Morgan fingerprint density at radius 3 is 1.86 bits per heavy atom. The lowest BCUT2D eigenvalue weighted by atomic mass is 10.0. The first-order valence-corrected chi connectivity index (χ1v) is 7.54. The molecule has 0 atom stereocenters. The lowest BCUT2D eigenvalue weighted by molar-refractivity contribution is 0.0922. The average molecular weight is 314 g/mol. The van der Waals surface area contributed by atoms with Crippen molar-refractivity contribution in [1.29, 1.82) is 0 Å². The number of rotatable bonds is 13. The Balaban J connectivity index is 2.61. The SMILES string of the molecule is OCCOCCc1ccc(OCCO)cc1CCOCCO. The maximum atomic E-state index is 8.81. The summed E-state index contributed by atoms with van der Waals surface area (Å²) in [5, 5.41) is 26.2. The van der Waals surface area contributed by atoms with Crippen LogP contribution in [0.3, 0.4) is 0 Å². The summed E-state index contributed by atoms with van der Waals surface area (Å²) in [6.07, 6.45) is 1.46. The smallest absolute Gasteiger partial charge is 0.119 e. The first-order chi connectivity index (χ1) is 10.8. The van der Waals surface area contributed by atoms with E-state index >= 15 is 0 Å². The predicted octanol–water partition coefficient (Wildman–Crippen LogP) is 0.161. The molecule has 0 aliphatic heterocycles. The molecule has 0 bridgehead atoms. The zero-order valence-corrected chi connectivity index (χ0v) is 12.9. The molecule has 0 saturated carbocycles. The first kappa shape index (κ1) is 18.9. The molecule has 0 aliphatic rings. The van der Waals surface area contributed by atoms with Crippen molar-refractivity contribution < 1.29 is 29.5 Å². The third-order valence-electron chi connectivity index (χ3n) is 3.04. The molecule has 0 heterocycles. The van der Waals surface area contributed by atoms with Crippen LogP contribution in [0, 0.1) is 0 Å². The summed E-state index contributed by atoms with van der Waals surface area (Å²) in [5.74, 6) is 0.714. The fourth-order valence-corrected chi connectivity index (χ4v) is 2.03. The standard InChI is InChI=1S/C16H26O6/c17-5-10-20-8-3-14-1-2-16(22-12-7-19)13-15(14)4-9-21-11-6-18/h1-2,13,17-19H,3-12H2. The van der Waals surface area contributed by atoms with Gasteiger partial charge in [0.1, 0.15) is 12.4 Å². The third kappa shape index (κ3) is 7.72. The number of aliphatic hydroxyl groups excluding tert-OH is 3. The minimum absolute atomic E-state index is 0.0154. The Morgan fingerprint density at radius 2 is 1.27 bits per heavy atom. The summed E-state index contributed by atoms with van der Waals surface area (Å²) < 4.78 is 16.0. The number of ether oxygens (including phenoxy) is 3. The van der Waals surface area contributed by atoms with Gasteiger partial charge in [0.05, 0.1) is 46.2 Å². The van der Waals surface area contributed by atoms with Crippen LogP contribution in [0.1, 0.15) is 11.1 Å². The van der Waals surface area contributed by atoms with E-state index in [1.165, 1.54) is 0 Å². The van der Waals surface area contributed by atoms with Crippen molar-refractivity contribution in [2.24, 2.45) is 0 Å². The van der Waals surface area contributed by atoms with E-state index < -0.39 is 0 Å². The summed E-state index contributed by atoms with van der Waals surface area (Å²) in [5.41, 5.74) is 2.24. The van der Waals surface area contributed by atoms with Crippen molar-refractivity contribution in [2.75, 3.05) is 52.9 Å². The second-order valence-electron chi connectivity index (χ2n) is 4.67. The highest BCUT2D eigenvalue weighted by Crippen LogP contribution is 2.19. The number of benzene rings is 1. The van der Waals surface area contributed by atoms with Crippen LogP contribution in [0.5, 0.6) is 5.75 Å². The van der Waals surface area contributed by atoms with Crippen molar-refractivity contribution in [2.45, 2.75) is 12.8 Å². The molecule has 0 spiro atoms. The van der Waals surface area contributed by atoms with Crippen LogP contribution in [-0.2, 0) is 22.3 Å². The molecule has 126 valence electrons. The van der Waals surface area contributed by atoms with E-state index in [1.807, 2.05) is 18.2 Å². The molecule has 0 unspecified atom stereocenters. The van der Waals surface area contributed by atoms with Crippen LogP contribution in [-0.4, -0.2) is 68.2 Å². The molecule has 22 heavy (non-hydrogen) atoms. The summed E-state index contributed by atoms with van der Waals surface area (Å²) in [4.78, 5) is 0. The number of hydrogen-bond acceptors (Lipinski definition) is 6. The van der Waals surface area contributed by atoms with E-state index in [4.69, 9.17) is 29.5 Å². The van der Waals surface area contributed by atoms with Crippen molar-refractivity contribution in [1.82, 2.24) is 0 Å². The van der Waals surface area contributed by atoms with Gasteiger partial charge in [0, 0.05) is 0 Å². The molecule has 0 radical (unpaired) electrons. The molecule has 0 saturated heterocycles. The van der Waals surface area contributed by atoms with Crippen LogP contribution in [0.2, 0.25) is 0 Å². The summed E-state index contributed by atoms with van der Waals surface area (Å²) >= 11 is 0. The van der Waals surface area contributed by atoms with E-state index in [9.17, 15) is 0 Å². The van der Waals surface area contributed by atoms with Gasteiger partial charge in [0.15, 0.2) is 0 Å². The van der Waals surface area contributed by atoms with Gasteiger partial charge in [-0.2, -0.15) is 0 Å². The highest BCUT2D eigenvalue weighted by Gasteiger charge is 2.06. The maximum Gasteiger partial charge on any atom is 0.119 e. The number of hydrogen-bond donors (Lipinski definition) is 3. The quantitative estimate of drug-likeness (QED) is 0.450. The summed E-state index contributed by atoms with van der Waals surface area (Å²) in [6.45, 7) is 2.01. The van der Waals surface area contributed by atoms with Crippen LogP contribution >= 0.6 is 0 Å². The lowest BCUT2D eigenvalue weighted by Gasteiger charge is -2.13. The molecule has 0 aromatic heterocycles. The Kier molecular flexibility index (Phi) is 10.6. The molecule has 1 aromatic carbocycles. The van der Waals surface area contributed by atoms with Crippen molar-refractivity contribution in [3.8, 4) is 5.75 Å². The molecule has 0 amide bonds. The van der Waals surface area contributed by atoms with Gasteiger partial charge in [0.2, 0.25) is 0 Å². The van der Waals surface area contributed by atoms with E-state index in [0.29, 0.717) is 38.6 Å². The Bertz CT molecular complexity index is 396. The summed E-state index contributed by atoms with van der Waals surface area (Å²) in [7, 11) is 0.